The third-order valence-corrected chi connectivity index (χ3v) is 9.36. The first kappa shape index (κ1) is 35.7. The summed E-state index contributed by atoms with van der Waals surface area (Å²) in [5.74, 6) is -5.32. The molecule has 0 radical (unpaired) electrons. The molecule has 1 aliphatic rings. The molecule has 1 saturated heterocycles. The molecule has 4 rings (SSSR count). The number of nitrogens with zero attached hydrogens (tertiary/aromatic N) is 3. The van der Waals surface area contributed by atoms with E-state index in [0.717, 1.165) is 16.1 Å². The number of amides is 2. The van der Waals surface area contributed by atoms with Crippen LogP contribution in [0.25, 0.3) is 10.9 Å². The molecule has 0 unspecified atom stereocenters. The smallest absolute Gasteiger partial charge is 0.340 e. The normalized spacial score (nSPS) is 14.6. The van der Waals surface area contributed by atoms with Crippen molar-refractivity contribution in [3.05, 3.63) is 48.2 Å². The first-order valence-corrected chi connectivity index (χ1v) is 16.2. The third kappa shape index (κ3) is 7.86. The van der Waals surface area contributed by atoms with Crippen molar-refractivity contribution in [1.82, 2.24) is 14.2 Å². The lowest BCUT2D eigenvalue weighted by Gasteiger charge is -2.38. The largest absolute Gasteiger partial charge is 0.497 e. The number of carbonyl (C=O) groups is 2. The Morgan fingerprint density at radius 2 is 1.72 bits per heavy atom. The number of halogens is 7. The Kier molecular flexibility index (Phi) is 10.8. The van der Waals surface area contributed by atoms with Crippen LogP contribution < -0.4 is 19.7 Å². The summed E-state index contributed by atoms with van der Waals surface area (Å²) in [4.78, 5) is 26.4. The number of fused-ring (bicyclic) bond motifs is 1. The lowest BCUT2D eigenvalue weighted by Crippen LogP contribution is -2.51. The molecule has 0 atom stereocenters. The minimum atomic E-state index is -4.48. The molecule has 2 heterocycles. The van der Waals surface area contributed by atoms with Gasteiger partial charge in [-0.3, -0.25) is 9.59 Å². The van der Waals surface area contributed by atoms with Gasteiger partial charge in [0, 0.05) is 51.2 Å². The Morgan fingerprint density at radius 3 is 2.30 bits per heavy atom. The highest BCUT2D eigenvalue weighted by Gasteiger charge is 2.42. The highest BCUT2D eigenvalue weighted by atomic mass is 35.6. The van der Waals surface area contributed by atoms with Gasteiger partial charge in [0.2, 0.25) is 5.91 Å². The van der Waals surface area contributed by atoms with Gasteiger partial charge in [0.15, 0.2) is 6.61 Å². The van der Waals surface area contributed by atoms with E-state index in [2.05, 4.69) is 5.32 Å². The van der Waals surface area contributed by atoms with E-state index >= 15 is 0 Å². The summed E-state index contributed by atoms with van der Waals surface area (Å²) in [5.41, 5.74) is 0.905. The number of anilines is 1. The summed E-state index contributed by atoms with van der Waals surface area (Å²) in [6.45, 7) is 0.0223. The van der Waals surface area contributed by atoms with Crippen LogP contribution in [0, 0.1) is 0 Å². The first-order valence-electron chi connectivity index (χ1n) is 13.7. The van der Waals surface area contributed by atoms with Gasteiger partial charge >= 0.3 is 12.3 Å². The van der Waals surface area contributed by atoms with Crippen molar-refractivity contribution in [3.63, 3.8) is 0 Å². The molecule has 1 N–H and O–H groups in total. The van der Waals surface area contributed by atoms with Crippen LogP contribution >= 0.6 is 34.8 Å². The molecule has 2 aromatic carbocycles. The predicted octanol–water partition coefficient (Wildman–Crippen LogP) is 4.86. The van der Waals surface area contributed by atoms with Crippen molar-refractivity contribution < 1.29 is 45.0 Å². The van der Waals surface area contributed by atoms with Gasteiger partial charge in [0.05, 0.1) is 23.2 Å². The molecule has 2 amide bonds. The Bertz CT molecular complexity index is 1710. The van der Waals surface area contributed by atoms with E-state index in [0.29, 0.717) is 28.6 Å². The number of methoxy groups -OCH3 is 1. The second-order valence-corrected chi connectivity index (χ2v) is 14.4. The molecule has 252 valence electrons. The topological polar surface area (TPSA) is 110 Å². The van der Waals surface area contributed by atoms with Gasteiger partial charge in [0.1, 0.15) is 11.5 Å². The van der Waals surface area contributed by atoms with Crippen molar-refractivity contribution >= 4 is 73.2 Å². The molecular formula is C28H29Cl3F4N4O6S. The predicted molar refractivity (Wildman–Crippen MR) is 165 cm³/mol. The number of rotatable bonds is 11. The number of aromatic nitrogens is 1. The van der Waals surface area contributed by atoms with Crippen LogP contribution in [0.15, 0.2) is 47.5 Å². The minimum Gasteiger partial charge on any atom is -0.497 e. The minimum absolute atomic E-state index is 0.0103. The van der Waals surface area contributed by atoms with Crippen molar-refractivity contribution in [3.8, 4) is 11.5 Å². The maximum Gasteiger partial charge on any atom is 0.340 e. The van der Waals surface area contributed by atoms with E-state index in [1.165, 1.54) is 31.2 Å². The van der Waals surface area contributed by atoms with Crippen LogP contribution in [0.2, 0.25) is 0 Å². The number of hydrogen-bond acceptors (Lipinski definition) is 7. The Balaban J connectivity index is 1.75. The van der Waals surface area contributed by atoms with Crippen LogP contribution in [0.4, 0.5) is 23.2 Å². The molecule has 10 nitrogen and oxygen atoms in total. The van der Waals surface area contributed by atoms with E-state index in [4.69, 9.17) is 44.3 Å². The maximum absolute atomic E-state index is 14.1. The van der Waals surface area contributed by atoms with E-state index < -0.39 is 38.7 Å². The lowest BCUT2D eigenvalue weighted by molar-refractivity contribution is -0.148. The van der Waals surface area contributed by atoms with Crippen LogP contribution in [0.5, 0.6) is 11.5 Å². The Labute approximate surface area is 277 Å². The van der Waals surface area contributed by atoms with Gasteiger partial charge in [-0.2, -0.15) is 8.78 Å². The van der Waals surface area contributed by atoms with E-state index in [1.54, 1.807) is 23.1 Å². The number of piperazine rings is 1. The fourth-order valence-electron chi connectivity index (χ4n) is 4.85. The van der Waals surface area contributed by atoms with Crippen LogP contribution in [0.3, 0.4) is 0 Å². The number of ether oxygens (including phenoxy) is 2. The number of benzene rings is 2. The quantitative estimate of drug-likeness (QED) is 0.222. The molecule has 0 spiro atoms. The van der Waals surface area contributed by atoms with E-state index in [9.17, 15) is 35.6 Å². The SMILES string of the molecule is COc1ccc2c(c1)c(CCNC(C)=O)cn2S(=O)(=O)c1ccc(OCC(F)(F)C(F)F)c(N2CCN(C(=O)C(Cl)(Cl)Cl)CC2)c1. The summed E-state index contributed by atoms with van der Waals surface area (Å²) in [5, 5.41) is 3.22. The Morgan fingerprint density at radius 1 is 1.04 bits per heavy atom. The van der Waals surface area contributed by atoms with Crippen molar-refractivity contribution in [2.45, 2.75) is 34.4 Å². The summed E-state index contributed by atoms with van der Waals surface area (Å²) in [6.07, 6.45) is -2.29. The number of carbonyl (C=O) groups excluding carboxylic acids is 2. The summed E-state index contributed by atoms with van der Waals surface area (Å²) in [7, 11) is -2.90. The molecule has 3 aromatic rings. The van der Waals surface area contributed by atoms with Crippen LogP contribution in [0.1, 0.15) is 12.5 Å². The van der Waals surface area contributed by atoms with Crippen molar-refractivity contribution in [2.75, 3.05) is 51.3 Å². The van der Waals surface area contributed by atoms with Crippen LogP contribution in [-0.4, -0.2) is 91.7 Å². The van der Waals surface area contributed by atoms with Gasteiger partial charge in [-0.15, -0.1) is 0 Å². The maximum atomic E-state index is 14.1. The standard InChI is InChI=1S/C28H29Cl3F4N4O6S/c1-17(40)36-8-7-18-15-39(22-5-3-19(44-2)13-21(18)22)46(42,43)20-4-6-24(45-16-27(34,35)25(32)33)23(14-20)37-9-11-38(12-10-37)26(41)28(29,30)31/h3-6,13-15,25H,7-12,16H2,1-2H3,(H,36,40). The highest BCUT2D eigenvalue weighted by molar-refractivity contribution is 7.90. The van der Waals surface area contributed by atoms with Gasteiger partial charge in [0.25, 0.3) is 19.7 Å². The fourth-order valence-corrected chi connectivity index (χ4v) is 6.62. The summed E-state index contributed by atoms with van der Waals surface area (Å²) < 4.78 is 90.7. The first-order chi connectivity index (χ1) is 21.5. The molecule has 0 aliphatic carbocycles. The fraction of sp³-hybridized carbons (Fsp3) is 0.429. The van der Waals surface area contributed by atoms with Gasteiger partial charge in [-0.1, -0.05) is 34.8 Å². The van der Waals surface area contributed by atoms with Gasteiger partial charge in [-0.25, -0.2) is 21.2 Å². The van der Waals surface area contributed by atoms with Crippen LogP contribution in [-0.2, 0) is 26.0 Å². The second-order valence-electron chi connectivity index (χ2n) is 10.3. The number of nitrogens with one attached hydrogen (secondary N) is 1. The zero-order valence-electron chi connectivity index (χ0n) is 24.4. The molecule has 1 fully saturated rings. The number of hydrogen-bond donors (Lipinski definition) is 1. The van der Waals surface area contributed by atoms with E-state index in [1.807, 2.05) is 0 Å². The summed E-state index contributed by atoms with van der Waals surface area (Å²) >= 11 is 17.1. The van der Waals surface area contributed by atoms with E-state index in [-0.39, 0.29) is 55.0 Å². The van der Waals surface area contributed by atoms with Crippen molar-refractivity contribution in [1.29, 1.82) is 0 Å². The zero-order valence-corrected chi connectivity index (χ0v) is 27.5. The average Bonchev–Trinajstić information content (AvgIpc) is 3.37. The molecule has 18 heteroatoms. The molecule has 1 aromatic heterocycles. The summed E-state index contributed by atoms with van der Waals surface area (Å²) in [6, 6.07) is 8.20. The zero-order chi connectivity index (χ0) is 34.0. The van der Waals surface area contributed by atoms with Crippen molar-refractivity contribution in [2.24, 2.45) is 0 Å². The monoisotopic (exact) mass is 730 g/mol. The molecule has 0 saturated carbocycles. The molecular weight excluding hydrogens is 703 g/mol. The van der Waals surface area contributed by atoms with Gasteiger partial charge in [-0.05, 0) is 48.4 Å². The molecule has 46 heavy (non-hydrogen) atoms. The Hall–Kier alpha value is -3.14. The lowest BCUT2D eigenvalue weighted by atomic mass is 10.1. The third-order valence-electron chi connectivity index (χ3n) is 7.21. The molecule has 1 aliphatic heterocycles. The van der Waals surface area contributed by atoms with Gasteiger partial charge < -0.3 is 24.6 Å². The second kappa shape index (κ2) is 13.9. The highest BCUT2D eigenvalue weighted by Crippen LogP contribution is 2.37. The number of alkyl halides is 7. The molecule has 0 bridgehead atoms. The average molecular weight is 732 g/mol.